The Morgan fingerprint density at radius 3 is 2.15 bits per heavy atom. The summed E-state index contributed by atoms with van der Waals surface area (Å²) in [5.74, 6) is 1.04. The first-order chi connectivity index (χ1) is 19.1. The van der Waals surface area contributed by atoms with Crippen molar-refractivity contribution in [1.29, 1.82) is 0 Å². The van der Waals surface area contributed by atoms with E-state index in [1.807, 2.05) is 20.0 Å². The van der Waals surface area contributed by atoms with E-state index < -0.39 is 0 Å². The number of nitrogens with zero attached hydrogens (tertiary/aromatic N) is 2. The van der Waals surface area contributed by atoms with Crippen molar-refractivity contribution in [2.45, 2.75) is 91.0 Å². The van der Waals surface area contributed by atoms with Crippen LogP contribution in [0.3, 0.4) is 0 Å². The molecule has 0 unspecified atom stereocenters. The van der Waals surface area contributed by atoms with Crippen LogP contribution in [0.4, 0.5) is 5.69 Å². The lowest BCUT2D eigenvalue weighted by molar-refractivity contribution is -0.121. The molecule has 0 spiro atoms. The third-order valence-corrected chi connectivity index (χ3v) is 6.71. The van der Waals surface area contributed by atoms with Gasteiger partial charge in [-0.15, -0.1) is 0 Å². The minimum Gasteiger partial charge on any atom is -0.400 e. The summed E-state index contributed by atoms with van der Waals surface area (Å²) < 4.78 is 5.00. The van der Waals surface area contributed by atoms with Gasteiger partial charge in [-0.1, -0.05) is 34.1 Å². The Labute approximate surface area is 236 Å². The van der Waals surface area contributed by atoms with E-state index in [1.54, 1.807) is 4.90 Å². The molecule has 0 radical (unpaired) electrons. The molecular formula is C30H55N5O4. The second-order valence-corrected chi connectivity index (χ2v) is 10.4. The van der Waals surface area contributed by atoms with Crippen LogP contribution in [-0.4, -0.2) is 86.4 Å². The molecule has 2 saturated heterocycles. The molecule has 1 aromatic rings. The third-order valence-electron chi connectivity index (χ3n) is 6.71. The average molecular weight is 550 g/mol. The molecule has 2 aliphatic carbocycles. The number of amides is 2. The summed E-state index contributed by atoms with van der Waals surface area (Å²) in [4.78, 5) is 28.5. The average Bonchev–Trinajstić information content (AvgIpc) is 3.84. The fraction of sp³-hybridized carbons (Fsp3) is 0.767. The minimum absolute atomic E-state index is 0.0622. The van der Waals surface area contributed by atoms with Gasteiger partial charge in [0, 0.05) is 39.0 Å². The summed E-state index contributed by atoms with van der Waals surface area (Å²) in [6, 6.07) is 2.66. The molecule has 2 aliphatic heterocycles. The summed E-state index contributed by atoms with van der Waals surface area (Å²) in [5.41, 5.74) is 2.74. The maximum absolute atomic E-state index is 12.3. The molecule has 2 saturated carbocycles. The van der Waals surface area contributed by atoms with Crippen molar-refractivity contribution in [3.05, 3.63) is 23.5 Å². The SMILES string of the molecule is C1CCNCC1.CC.CC(C)CNC(=O)c1ncc(C2CC2)cc1NC1CCC1.CO.O=CN1CCOCC1. The highest BCUT2D eigenvalue weighted by Crippen LogP contribution is 2.41. The Morgan fingerprint density at radius 1 is 1.10 bits per heavy atom. The van der Waals surface area contributed by atoms with E-state index in [2.05, 4.69) is 40.8 Å². The number of anilines is 1. The van der Waals surface area contributed by atoms with Gasteiger partial charge in [0.05, 0.1) is 18.9 Å². The highest BCUT2D eigenvalue weighted by atomic mass is 16.5. The number of pyridine rings is 1. The van der Waals surface area contributed by atoms with Gasteiger partial charge in [-0.2, -0.15) is 0 Å². The van der Waals surface area contributed by atoms with Gasteiger partial charge < -0.3 is 30.7 Å². The molecule has 0 aromatic carbocycles. The van der Waals surface area contributed by atoms with E-state index in [-0.39, 0.29) is 5.91 Å². The fourth-order valence-electron chi connectivity index (χ4n) is 4.05. The summed E-state index contributed by atoms with van der Waals surface area (Å²) in [6.45, 7) is 14.3. The Hall–Kier alpha value is -2.23. The first kappa shape index (κ1) is 34.8. The van der Waals surface area contributed by atoms with Gasteiger partial charge in [0.2, 0.25) is 6.41 Å². The molecule has 3 heterocycles. The lowest BCUT2D eigenvalue weighted by Crippen LogP contribution is -2.34. The smallest absolute Gasteiger partial charge is 0.272 e. The van der Waals surface area contributed by atoms with Gasteiger partial charge in [0.1, 0.15) is 0 Å². The molecule has 39 heavy (non-hydrogen) atoms. The number of carbonyl (C=O) groups excluding carboxylic acids is 2. The lowest BCUT2D eigenvalue weighted by atomic mass is 9.92. The van der Waals surface area contributed by atoms with E-state index in [9.17, 15) is 9.59 Å². The molecule has 224 valence electrons. The van der Waals surface area contributed by atoms with E-state index in [1.165, 1.54) is 70.0 Å². The molecule has 0 bridgehead atoms. The number of carbonyl (C=O) groups is 2. The van der Waals surface area contributed by atoms with Gasteiger partial charge in [0.15, 0.2) is 5.69 Å². The molecule has 4 aliphatic rings. The number of morpholine rings is 1. The van der Waals surface area contributed by atoms with Crippen LogP contribution in [-0.2, 0) is 9.53 Å². The summed E-state index contributed by atoms with van der Waals surface area (Å²) in [7, 11) is 1.00. The first-order valence-corrected chi connectivity index (χ1v) is 15.0. The van der Waals surface area contributed by atoms with Crippen molar-refractivity contribution < 1.29 is 19.4 Å². The molecule has 5 rings (SSSR count). The second-order valence-electron chi connectivity index (χ2n) is 10.4. The number of hydrogen-bond acceptors (Lipinski definition) is 7. The standard InChI is InChI=1S/C17H25N3O.C5H9NO2.C5H11N.C2H6.CH4O/c1-11(2)9-19-17(21)16-15(20-14-4-3-5-14)8-13(10-18-16)12-6-7-12;7-5-6-1-3-8-4-2-6;1-2-4-6-5-3-1;2*1-2/h8,10-12,14,20H,3-7,9H2,1-2H3,(H,19,21);5H,1-4H2;6H,1-5H2;1-2H3;2H,1H3. The topological polar surface area (TPSA) is 116 Å². The predicted octanol–water partition coefficient (Wildman–Crippen LogP) is 4.18. The first-order valence-electron chi connectivity index (χ1n) is 15.0. The van der Waals surface area contributed by atoms with Crippen molar-refractivity contribution in [2.75, 3.05) is 58.4 Å². The Kier molecular flexibility index (Phi) is 19.3. The number of piperidine rings is 1. The van der Waals surface area contributed by atoms with Gasteiger partial charge >= 0.3 is 0 Å². The monoisotopic (exact) mass is 549 g/mol. The molecule has 0 atom stereocenters. The highest BCUT2D eigenvalue weighted by molar-refractivity contribution is 5.97. The zero-order valence-electron chi connectivity index (χ0n) is 25.1. The molecule has 9 heteroatoms. The Morgan fingerprint density at radius 2 is 1.74 bits per heavy atom. The number of rotatable bonds is 7. The largest absolute Gasteiger partial charge is 0.400 e. The molecule has 9 nitrogen and oxygen atoms in total. The lowest BCUT2D eigenvalue weighted by Gasteiger charge is -2.28. The molecule has 2 amide bonds. The molecule has 4 N–H and O–H groups in total. The zero-order valence-corrected chi connectivity index (χ0v) is 25.1. The van der Waals surface area contributed by atoms with Crippen LogP contribution in [0.1, 0.15) is 101 Å². The van der Waals surface area contributed by atoms with Crippen LogP contribution in [0.5, 0.6) is 0 Å². The van der Waals surface area contributed by atoms with Crippen LogP contribution in [0.2, 0.25) is 0 Å². The second kappa shape index (κ2) is 21.6. The maximum atomic E-state index is 12.3. The van der Waals surface area contributed by atoms with Crippen LogP contribution in [0.15, 0.2) is 12.3 Å². The van der Waals surface area contributed by atoms with Crippen molar-refractivity contribution >= 4 is 18.0 Å². The number of aliphatic hydroxyl groups excluding tert-OH is 1. The maximum Gasteiger partial charge on any atom is 0.272 e. The summed E-state index contributed by atoms with van der Waals surface area (Å²) >= 11 is 0. The number of hydrogen-bond donors (Lipinski definition) is 4. The zero-order chi connectivity index (χ0) is 28.9. The number of aliphatic hydroxyl groups is 1. The molecular weight excluding hydrogens is 494 g/mol. The number of ether oxygens (including phenoxy) is 1. The number of aromatic nitrogens is 1. The molecule has 1 aromatic heterocycles. The van der Waals surface area contributed by atoms with Crippen LogP contribution in [0.25, 0.3) is 0 Å². The van der Waals surface area contributed by atoms with Gasteiger partial charge in [-0.3, -0.25) is 9.59 Å². The normalized spacial score (nSPS) is 18.2. The van der Waals surface area contributed by atoms with Gasteiger partial charge in [-0.05, 0) is 81.5 Å². The summed E-state index contributed by atoms with van der Waals surface area (Å²) in [6.07, 6.45) is 13.1. The van der Waals surface area contributed by atoms with Crippen molar-refractivity contribution in [1.82, 2.24) is 20.5 Å². The van der Waals surface area contributed by atoms with Crippen molar-refractivity contribution in [3.63, 3.8) is 0 Å². The quantitative estimate of drug-likeness (QED) is 0.377. The van der Waals surface area contributed by atoms with E-state index in [0.717, 1.165) is 32.3 Å². The Balaban J connectivity index is 0.000000345. The van der Waals surface area contributed by atoms with Crippen LogP contribution in [0, 0.1) is 5.92 Å². The third kappa shape index (κ3) is 14.6. The van der Waals surface area contributed by atoms with Crippen LogP contribution >= 0.6 is 0 Å². The van der Waals surface area contributed by atoms with Gasteiger partial charge in [-0.25, -0.2) is 4.98 Å². The number of nitrogens with one attached hydrogen (secondary N) is 3. The van der Waals surface area contributed by atoms with Crippen molar-refractivity contribution in [2.24, 2.45) is 5.92 Å². The van der Waals surface area contributed by atoms with Crippen LogP contribution < -0.4 is 16.0 Å². The highest BCUT2D eigenvalue weighted by Gasteiger charge is 2.27. The van der Waals surface area contributed by atoms with E-state index in [0.29, 0.717) is 43.3 Å². The summed E-state index contributed by atoms with van der Waals surface area (Å²) in [5, 5.41) is 16.8. The predicted molar refractivity (Wildman–Crippen MR) is 159 cm³/mol. The van der Waals surface area contributed by atoms with E-state index in [4.69, 9.17) is 9.84 Å². The minimum atomic E-state index is -0.0622. The van der Waals surface area contributed by atoms with E-state index >= 15 is 0 Å². The molecule has 4 fully saturated rings. The van der Waals surface area contributed by atoms with Crippen molar-refractivity contribution in [3.8, 4) is 0 Å². The fourth-order valence-corrected chi connectivity index (χ4v) is 4.05. The Bertz CT molecular complexity index is 763. The van der Waals surface area contributed by atoms with Gasteiger partial charge in [0.25, 0.3) is 5.91 Å².